The summed E-state index contributed by atoms with van der Waals surface area (Å²) in [5.74, 6) is 1.03. The number of cyclic esters (lactones) is 1. The third-order valence-electron chi connectivity index (χ3n) is 4.81. The summed E-state index contributed by atoms with van der Waals surface area (Å²) in [5, 5.41) is 0. The number of hydrogen-bond acceptors (Lipinski definition) is 5. The predicted octanol–water partition coefficient (Wildman–Crippen LogP) is 6.08. The summed E-state index contributed by atoms with van der Waals surface area (Å²) < 4.78 is 17.9. The lowest BCUT2D eigenvalue weighted by molar-refractivity contribution is -0.129. The van der Waals surface area contributed by atoms with Gasteiger partial charge < -0.3 is 14.2 Å². The summed E-state index contributed by atoms with van der Waals surface area (Å²) in [4.78, 5) is 16.7. The number of aryl methyl sites for hydroxylation is 1. The minimum absolute atomic E-state index is 0.228. The van der Waals surface area contributed by atoms with E-state index >= 15 is 0 Å². The highest BCUT2D eigenvalue weighted by Gasteiger charge is 2.25. The second kappa shape index (κ2) is 9.83. The van der Waals surface area contributed by atoms with Crippen LogP contribution in [0.2, 0.25) is 0 Å². The maximum atomic E-state index is 12.4. The Morgan fingerprint density at radius 2 is 1.78 bits per heavy atom. The number of nitrogens with zero attached hydrogens (tertiary/aromatic N) is 1. The van der Waals surface area contributed by atoms with E-state index in [-0.39, 0.29) is 11.6 Å². The highest BCUT2D eigenvalue weighted by atomic mass is 79.9. The molecular weight excluding hydrogens is 470 g/mol. The average molecular weight is 492 g/mol. The molecule has 0 aliphatic carbocycles. The van der Waals surface area contributed by atoms with Gasteiger partial charge in [-0.1, -0.05) is 48.0 Å². The zero-order valence-corrected chi connectivity index (χ0v) is 19.4. The Morgan fingerprint density at radius 3 is 2.53 bits per heavy atom. The van der Waals surface area contributed by atoms with Crippen molar-refractivity contribution in [1.29, 1.82) is 0 Å². The van der Waals surface area contributed by atoms with E-state index in [0.717, 1.165) is 21.2 Å². The van der Waals surface area contributed by atoms with Crippen molar-refractivity contribution in [1.82, 2.24) is 0 Å². The van der Waals surface area contributed by atoms with Crippen LogP contribution in [-0.4, -0.2) is 18.5 Å². The lowest BCUT2D eigenvalue weighted by atomic mass is 10.1. The van der Waals surface area contributed by atoms with Crippen molar-refractivity contribution >= 4 is 33.9 Å². The van der Waals surface area contributed by atoms with Gasteiger partial charge in [0.15, 0.2) is 17.2 Å². The zero-order chi connectivity index (χ0) is 22.5. The summed E-state index contributed by atoms with van der Waals surface area (Å²) in [6, 6.07) is 21.2. The Labute approximate surface area is 195 Å². The Kier molecular flexibility index (Phi) is 6.71. The number of rotatable bonds is 7. The molecular formula is C26H22BrNO4. The van der Waals surface area contributed by atoms with Crippen LogP contribution >= 0.6 is 15.9 Å². The van der Waals surface area contributed by atoms with Crippen LogP contribution in [0, 0.1) is 6.92 Å². The molecule has 0 radical (unpaired) electrons. The number of esters is 1. The number of halogens is 1. The van der Waals surface area contributed by atoms with Gasteiger partial charge in [-0.15, -0.1) is 0 Å². The third kappa shape index (κ3) is 5.08. The molecule has 5 nitrogen and oxygen atoms in total. The van der Waals surface area contributed by atoms with E-state index in [2.05, 4.69) is 40.0 Å². The number of aliphatic imine (C=N–C) groups is 1. The summed E-state index contributed by atoms with van der Waals surface area (Å²) in [7, 11) is 0. The quantitative estimate of drug-likeness (QED) is 0.296. The number of carbonyl (C=O) groups excluding carboxylic acids is 1. The lowest BCUT2D eigenvalue weighted by Gasteiger charge is -2.13. The van der Waals surface area contributed by atoms with Gasteiger partial charge in [0.1, 0.15) is 6.61 Å². The maximum absolute atomic E-state index is 12.4. The monoisotopic (exact) mass is 491 g/mol. The molecule has 162 valence electrons. The predicted molar refractivity (Wildman–Crippen MR) is 128 cm³/mol. The molecule has 0 amide bonds. The Balaban J connectivity index is 1.56. The van der Waals surface area contributed by atoms with E-state index in [1.165, 1.54) is 5.56 Å². The summed E-state index contributed by atoms with van der Waals surface area (Å²) in [6.45, 7) is 4.90. The first-order valence-electron chi connectivity index (χ1n) is 10.3. The van der Waals surface area contributed by atoms with Crippen LogP contribution < -0.4 is 9.47 Å². The number of carbonyl (C=O) groups is 1. The fraction of sp³-hybridized carbons (Fsp3) is 0.154. The molecule has 3 aromatic rings. The van der Waals surface area contributed by atoms with Crippen LogP contribution in [0.5, 0.6) is 11.5 Å². The van der Waals surface area contributed by atoms with E-state index in [1.807, 2.05) is 61.5 Å². The van der Waals surface area contributed by atoms with Crippen molar-refractivity contribution in [2.75, 3.05) is 6.61 Å². The van der Waals surface area contributed by atoms with Crippen molar-refractivity contribution in [2.45, 2.75) is 20.5 Å². The van der Waals surface area contributed by atoms with Crippen LogP contribution in [0.15, 0.2) is 81.9 Å². The first-order chi connectivity index (χ1) is 15.5. The van der Waals surface area contributed by atoms with Crippen molar-refractivity contribution in [3.63, 3.8) is 0 Å². The average Bonchev–Trinajstić information content (AvgIpc) is 3.15. The summed E-state index contributed by atoms with van der Waals surface area (Å²) in [5.41, 5.74) is 4.00. The highest BCUT2D eigenvalue weighted by Crippen LogP contribution is 2.31. The second-order valence-electron chi connectivity index (χ2n) is 7.23. The SMILES string of the molecule is CCOc1cc(/C=C2\N=C(c3ccccc3Br)OC2=O)ccc1OCc1ccc(C)cc1. The van der Waals surface area contributed by atoms with Crippen LogP contribution in [-0.2, 0) is 16.1 Å². The Morgan fingerprint density at radius 1 is 1.00 bits per heavy atom. The smallest absolute Gasteiger partial charge is 0.363 e. The van der Waals surface area contributed by atoms with Crippen molar-refractivity contribution in [2.24, 2.45) is 4.99 Å². The molecule has 0 atom stereocenters. The first-order valence-corrected chi connectivity index (χ1v) is 11.1. The van der Waals surface area contributed by atoms with Gasteiger partial charge in [-0.25, -0.2) is 9.79 Å². The molecule has 3 aromatic carbocycles. The number of ether oxygens (including phenoxy) is 3. The van der Waals surface area contributed by atoms with Gasteiger partial charge >= 0.3 is 5.97 Å². The molecule has 0 unspecified atom stereocenters. The maximum Gasteiger partial charge on any atom is 0.363 e. The molecule has 6 heteroatoms. The molecule has 0 N–H and O–H groups in total. The van der Waals surface area contributed by atoms with Crippen LogP contribution in [0.1, 0.15) is 29.2 Å². The fourth-order valence-corrected chi connectivity index (χ4v) is 3.62. The largest absolute Gasteiger partial charge is 0.490 e. The van der Waals surface area contributed by atoms with Gasteiger partial charge in [0.05, 0.1) is 12.2 Å². The van der Waals surface area contributed by atoms with Gasteiger partial charge in [0.2, 0.25) is 5.90 Å². The molecule has 1 aliphatic heterocycles. The first kappa shape index (κ1) is 21.8. The molecule has 0 aromatic heterocycles. The zero-order valence-electron chi connectivity index (χ0n) is 17.8. The minimum Gasteiger partial charge on any atom is -0.490 e. The van der Waals surface area contributed by atoms with Gasteiger partial charge in [0.25, 0.3) is 0 Å². The molecule has 0 saturated heterocycles. The van der Waals surface area contributed by atoms with E-state index in [1.54, 1.807) is 6.08 Å². The second-order valence-corrected chi connectivity index (χ2v) is 8.08. The molecule has 0 fully saturated rings. The number of benzene rings is 3. The number of hydrogen-bond donors (Lipinski definition) is 0. The molecule has 0 bridgehead atoms. The van der Waals surface area contributed by atoms with Crippen LogP contribution in [0.4, 0.5) is 0 Å². The van der Waals surface area contributed by atoms with Gasteiger partial charge in [0, 0.05) is 4.47 Å². The summed E-state index contributed by atoms with van der Waals surface area (Å²) in [6.07, 6.45) is 1.68. The van der Waals surface area contributed by atoms with Crippen LogP contribution in [0.25, 0.3) is 6.08 Å². The highest BCUT2D eigenvalue weighted by molar-refractivity contribution is 9.10. The topological polar surface area (TPSA) is 57.1 Å². The minimum atomic E-state index is -0.492. The third-order valence-corrected chi connectivity index (χ3v) is 5.50. The normalized spacial score (nSPS) is 14.3. The van der Waals surface area contributed by atoms with E-state index in [9.17, 15) is 4.79 Å². The standard InChI is InChI=1S/C26H22BrNO4/c1-3-30-24-15-19(12-13-23(24)31-16-18-10-8-17(2)9-11-18)14-22-26(29)32-25(28-22)20-6-4-5-7-21(20)27/h4-15H,3,16H2,1-2H3/b22-14-. The Hall–Kier alpha value is -3.38. The molecule has 4 rings (SSSR count). The van der Waals surface area contributed by atoms with Crippen LogP contribution in [0.3, 0.4) is 0 Å². The summed E-state index contributed by atoms with van der Waals surface area (Å²) >= 11 is 3.46. The van der Waals surface area contributed by atoms with Crippen molar-refractivity contribution in [3.05, 3.63) is 99.2 Å². The molecule has 0 spiro atoms. The molecule has 32 heavy (non-hydrogen) atoms. The van der Waals surface area contributed by atoms with E-state index in [4.69, 9.17) is 14.2 Å². The molecule has 1 aliphatic rings. The van der Waals surface area contributed by atoms with Crippen molar-refractivity contribution < 1.29 is 19.0 Å². The van der Waals surface area contributed by atoms with Gasteiger partial charge in [-0.05, 0) is 71.2 Å². The fourth-order valence-electron chi connectivity index (χ4n) is 3.16. The molecule has 0 saturated carbocycles. The Bertz CT molecular complexity index is 1200. The van der Waals surface area contributed by atoms with E-state index < -0.39 is 5.97 Å². The van der Waals surface area contributed by atoms with Gasteiger partial charge in [-0.2, -0.15) is 0 Å². The lowest BCUT2D eigenvalue weighted by Crippen LogP contribution is -2.05. The molecule has 1 heterocycles. The van der Waals surface area contributed by atoms with Crippen molar-refractivity contribution in [3.8, 4) is 11.5 Å². The van der Waals surface area contributed by atoms with E-state index in [0.29, 0.717) is 24.7 Å². The van der Waals surface area contributed by atoms with Gasteiger partial charge in [-0.3, -0.25) is 0 Å².